The summed E-state index contributed by atoms with van der Waals surface area (Å²) in [5.74, 6) is 0.694. The fraction of sp³-hybridized carbons (Fsp3) is 1.00. The Morgan fingerprint density at radius 3 is 1.86 bits per heavy atom. The second-order valence-corrected chi connectivity index (χ2v) is 4.09. The van der Waals surface area contributed by atoms with Gasteiger partial charge in [-0.3, -0.25) is 0 Å². The molecule has 0 aliphatic rings. The zero-order valence-electron chi connectivity index (χ0n) is 10.3. The summed E-state index contributed by atoms with van der Waals surface area (Å²) in [6.07, 6.45) is 4.43. The van der Waals surface area contributed by atoms with E-state index >= 15 is 0 Å². The van der Waals surface area contributed by atoms with Gasteiger partial charge in [0.05, 0.1) is 12.2 Å². The third kappa shape index (κ3) is 3.97. The molecule has 86 valence electrons. The Labute approximate surface area is 89.2 Å². The van der Waals surface area contributed by atoms with Crippen LogP contribution in [0.2, 0.25) is 0 Å². The lowest BCUT2D eigenvalue weighted by molar-refractivity contribution is -0.0606. The van der Waals surface area contributed by atoms with E-state index in [0.717, 1.165) is 19.4 Å². The van der Waals surface area contributed by atoms with E-state index in [0.29, 0.717) is 12.5 Å². The van der Waals surface area contributed by atoms with Crippen LogP contribution in [0.25, 0.3) is 0 Å². The Morgan fingerprint density at radius 2 is 1.57 bits per heavy atom. The quantitative estimate of drug-likeness (QED) is 0.655. The van der Waals surface area contributed by atoms with Crippen LogP contribution in [-0.2, 0) is 4.74 Å². The van der Waals surface area contributed by atoms with Crippen molar-refractivity contribution in [3.63, 3.8) is 0 Å². The SMILES string of the molecule is CCC(CC)COC(CC)(CC)CN. The van der Waals surface area contributed by atoms with Crippen LogP contribution in [0.5, 0.6) is 0 Å². The first-order valence-corrected chi connectivity index (χ1v) is 6.01. The van der Waals surface area contributed by atoms with Gasteiger partial charge in [-0.1, -0.05) is 40.5 Å². The van der Waals surface area contributed by atoms with E-state index in [-0.39, 0.29) is 5.60 Å². The van der Waals surface area contributed by atoms with E-state index in [2.05, 4.69) is 27.7 Å². The fourth-order valence-corrected chi connectivity index (χ4v) is 1.62. The van der Waals surface area contributed by atoms with Gasteiger partial charge >= 0.3 is 0 Å². The molecule has 0 bridgehead atoms. The minimum atomic E-state index is -0.0669. The van der Waals surface area contributed by atoms with Gasteiger partial charge in [0.25, 0.3) is 0 Å². The van der Waals surface area contributed by atoms with Crippen molar-refractivity contribution in [3.05, 3.63) is 0 Å². The number of ether oxygens (including phenoxy) is 1. The second kappa shape index (κ2) is 7.24. The van der Waals surface area contributed by atoms with Crippen molar-refractivity contribution in [3.8, 4) is 0 Å². The Balaban J connectivity index is 4.04. The average molecular weight is 201 g/mol. The molecular formula is C12H27NO. The summed E-state index contributed by atoms with van der Waals surface area (Å²) in [6.45, 7) is 10.3. The molecule has 2 N–H and O–H groups in total. The Hall–Kier alpha value is -0.0800. The third-order valence-electron chi connectivity index (χ3n) is 3.44. The lowest BCUT2D eigenvalue weighted by Gasteiger charge is -2.32. The molecule has 0 saturated carbocycles. The van der Waals surface area contributed by atoms with Gasteiger partial charge in [-0.05, 0) is 18.8 Å². The van der Waals surface area contributed by atoms with Crippen LogP contribution >= 0.6 is 0 Å². The highest BCUT2D eigenvalue weighted by Crippen LogP contribution is 2.21. The molecule has 14 heavy (non-hydrogen) atoms. The largest absolute Gasteiger partial charge is 0.373 e. The first kappa shape index (κ1) is 13.9. The molecule has 0 aromatic carbocycles. The van der Waals surface area contributed by atoms with Gasteiger partial charge in [0.1, 0.15) is 0 Å². The van der Waals surface area contributed by atoms with Gasteiger partial charge in [-0.25, -0.2) is 0 Å². The number of hydrogen-bond acceptors (Lipinski definition) is 2. The highest BCUT2D eigenvalue weighted by atomic mass is 16.5. The molecule has 0 heterocycles. The number of rotatable bonds is 8. The highest BCUT2D eigenvalue weighted by molar-refractivity contribution is 4.79. The van der Waals surface area contributed by atoms with Crippen LogP contribution in [0.1, 0.15) is 53.4 Å². The number of hydrogen-bond donors (Lipinski definition) is 1. The average Bonchev–Trinajstić information content (AvgIpc) is 2.26. The minimum Gasteiger partial charge on any atom is -0.373 e. The van der Waals surface area contributed by atoms with E-state index in [1.54, 1.807) is 0 Å². The van der Waals surface area contributed by atoms with Crippen molar-refractivity contribution >= 4 is 0 Å². The van der Waals surface area contributed by atoms with Gasteiger partial charge in [-0.2, -0.15) is 0 Å². The lowest BCUT2D eigenvalue weighted by atomic mass is 9.96. The Morgan fingerprint density at radius 1 is 1.07 bits per heavy atom. The van der Waals surface area contributed by atoms with Crippen LogP contribution < -0.4 is 5.73 Å². The molecule has 0 amide bonds. The summed E-state index contributed by atoms with van der Waals surface area (Å²) in [6, 6.07) is 0. The van der Waals surface area contributed by atoms with Gasteiger partial charge in [0, 0.05) is 6.54 Å². The molecule has 0 atom stereocenters. The summed E-state index contributed by atoms with van der Waals surface area (Å²) in [5.41, 5.74) is 5.71. The minimum absolute atomic E-state index is 0.0669. The molecule has 0 aliphatic heterocycles. The van der Waals surface area contributed by atoms with Gasteiger partial charge in [-0.15, -0.1) is 0 Å². The zero-order chi connectivity index (χ0) is 11.0. The van der Waals surface area contributed by atoms with Crippen LogP contribution in [-0.4, -0.2) is 18.8 Å². The van der Waals surface area contributed by atoms with Crippen molar-refractivity contribution in [2.75, 3.05) is 13.2 Å². The molecule has 0 aromatic rings. The number of nitrogens with two attached hydrogens (primary N) is 1. The molecule has 0 spiro atoms. The van der Waals surface area contributed by atoms with Crippen molar-refractivity contribution in [2.24, 2.45) is 11.7 Å². The maximum Gasteiger partial charge on any atom is 0.0799 e. The molecule has 0 fully saturated rings. The first-order valence-electron chi connectivity index (χ1n) is 6.01. The van der Waals surface area contributed by atoms with Gasteiger partial charge in [0.2, 0.25) is 0 Å². The van der Waals surface area contributed by atoms with E-state index < -0.39 is 0 Å². The molecule has 0 saturated heterocycles. The van der Waals surface area contributed by atoms with Crippen LogP contribution in [0, 0.1) is 5.92 Å². The predicted molar refractivity (Wildman–Crippen MR) is 62.4 cm³/mol. The lowest BCUT2D eigenvalue weighted by Crippen LogP contribution is -2.40. The van der Waals surface area contributed by atoms with Crippen LogP contribution in [0.3, 0.4) is 0 Å². The second-order valence-electron chi connectivity index (χ2n) is 4.09. The summed E-state index contributed by atoms with van der Waals surface area (Å²) in [7, 11) is 0. The standard InChI is InChI=1S/C12H27NO/c1-5-11(6-2)9-14-12(7-3,8-4)10-13/h11H,5-10,13H2,1-4H3. The van der Waals surface area contributed by atoms with Gasteiger partial charge < -0.3 is 10.5 Å². The van der Waals surface area contributed by atoms with Gasteiger partial charge in [0.15, 0.2) is 0 Å². The molecule has 0 unspecified atom stereocenters. The topological polar surface area (TPSA) is 35.2 Å². The first-order chi connectivity index (χ1) is 6.67. The smallest absolute Gasteiger partial charge is 0.0799 e. The molecule has 0 rings (SSSR count). The zero-order valence-corrected chi connectivity index (χ0v) is 10.3. The summed E-state index contributed by atoms with van der Waals surface area (Å²) < 4.78 is 6.00. The molecule has 2 nitrogen and oxygen atoms in total. The van der Waals surface area contributed by atoms with Crippen molar-refractivity contribution in [1.82, 2.24) is 0 Å². The summed E-state index contributed by atoms with van der Waals surface area (Å²) in [4.78, 5) is 0. The summed E-state index contributed by atoms with van der Waals surface area (Å²) in [5, 5.41) is 0. The normalized spacial score (nSPS) is 12.4. The molecule has 2 heteroatoms. The maximum atomic E-state index is 6.00. The van der Waals surface area contributed by atoms with Crippen molar-refractivity contribution < 1.29 is 4.74 Å². The molecule has 0 aromatic heterocycles. The molecular weight excluding hydrogens is 174 g/mol. The van der Waals surface area contributed by atoms with Crippen LogP contribution in [0.15, 0.2) is 0 Å². The monoisotopic (exact) mass is 201 g/mol. The fourth-order valence-electron chi connectivity index (χ4n) is 1.62. The molecule has 0 radical (unpaired) electrons. The Bertz CT molecular complexity index is 120. The predicted octanol–water partition coefficient (Wildman–Crippen LogP) is 2.96. The highest BCUT2D eigenvalue weighted by Gasteiger charge is 2.25. The third-order valence-corrected chi connectivity index (χ3v) is 3.44. The molecule has 0 aliphatic carbocycles. The van der Waals surface area contributed by atoms with Crippen molar-refractivity contribution in [2.45, 2.75) is 59.0 Å². The van der Waals surface area contributed by atoms with Crippen molar-refractivity contribution in [1.29, 1.82) is 0 Å². The van der Waals surface area contributed by atoms with E-state index in [1.165, 1.54) is 12.8 Å². The maximum absolute atomic E-state index is 6.00. The van der Waals surface area contributed by atoms with E-state index in [1.807, 2.05) is 0 Å². The van der Waals surface area contributed by atoms with Crippen LogP contribution in [0.4, 0.5) is 0 Å². The summed E-state index contributed by atoms with van der Waals surface area (Å²) >= 11 is 0. The Kier molecular flexibility index (Phi) is 7.20. The van der Waals surface area contributed by atoms with E-state index in [4.69, 9.17) is 10.5 Å². The van der Waals surface area contributed by atoms with E-state index in [9.17, 15) is 0 Å².